The monoisotopic (exact) mass is 507 g/mol. The molecule has 35 heavy (non-hydrogen) atoms. The summed E-state index contributed by atoms with van der Waals surface area (Å²) in [5.41, 5.74) is -0.149. The summed E-state index contributed by atoms with van der Waals surface area (Å²) in [4.78, 5) is 3.90. The molecule has 3 heterocycles. The Morgan fingerprint density at radius 3 is 1.51 bits per heavy atom. The summed E-state index contributed by atoms with van der Waals surface area (Å²) < 4.78 is 41.5. The lowest BCUT2D eigenvalue weighted by molar-refractivity contribution is -0.0551. The first-order chi connectivity index (χ1) is 16.1. The van der Waals surface area contributed by atoms with Gasteiger partial charge in [0, 0.05) is 39.3 Å². The Bertz CT molecular complexity index is 555. The Balaban J connectivity index is 0.000000265. The van der Waals surface area contributed by atoms with Crippen molar-refractivity contribution in [1.82, 2.24) is 15.1 Å². The molecule has 0 amide bonds. The molecule has 8 heteroatoms. The van der Waals surface area contributed by atoms with Gasteiger partial charge in [0.15, 0.2) is 0 Å². The minimum absolute atomic E-state index is 0.0245. The number of hydrogen-bond acceptors (Lipinski definition) is 6. The lowest BCUT2D eigenvalue weighted by Gasteiger charge is -2.24. The van der Waals surface area contributed by atoms with Crippen LogP contribution in [0.3, 0.4) is 0 Å². The van der Waals surface area contributed by atoms with Crippen molar-refractivity contribution in [2.75, 3.05) is 59.3 Å². The minimum atomic E-state index is -0.343. The second kappa shape index (κ2) is 15.1. The van der Waals surface area contributed by atoms with E-state index in [0.717, 1.165) is 58.5 Å². The Morgan fingerprint density at radius 1 is 0.686 bits per heavy atom. The molecule has 0 spiro atoms. The van der Waals surface area contributed by atoms with Crippen LogP contribution in [-0.4, -0.2) is 104 Å². The molecule has 0 saturated carbocycles. The number of likely N-dealkylation sites (tertiary alicyclic amines) is 2. The third-order valence-electron chi connectivity index (χ3n) is 5.60. The zero-order valence-corrected chi connectivity index (χ0v) is 24.1. The molecule has 0 radical (unpaired) electrons. The quantitative estimate of drug-likeness (QED) is 0.521. The number of rotatable bonds is 6. The zero-order valence-electron chi connectivity index (χ0n) is 24.1. The predicted molar refractivity (Wildman–Crippen MR) is 141 cm³/mol. The van der Waals surface area contributed by atoms with Gasteiger partial charge in [-0.2, -0.15) is 0 Å². The lowest BCUT2D eigenvalue weighted by atomic mass is 10.2. The number of nitrogens with one attached hydrogen (secondary N) is 1. The largest absolute Gasteiger partial charge is 0.371 e. The molecule has 1 N–H and O–H groups in total. The molecule has 3 atom stereocenters. The Labute approximate surface area is 214 Å². The van der Waals surface area contributed by atoms with Crippen molar-refractivity contribution >= 4 is 0 Å². The molecular formula is C27H55F2N3O3. The van der Waals surface area contributed by atoms with Crippen molar-refractivity contribution in [3.8, 4) is 0 Å². The third-order valence-corrected chi connectivity index (χ3v) is 5.60. The van der Waals surface area contributed by atoms with Crippen molar-refractivity contribution in [1.29, 1.82) is 0 Å². The summed E-state index contributed by atoms with van der Waals surface area (Å²) in [6.45, 7) is 24.1. The number of halogens is 2. The molecule has 210 valence electrons. The molecule has 0 aliphatic carbocycles. The van der Waals surface area contributed by atoms with Gasteiger partial charge in [-0.25, -0.2) is 8.78 Å². The molecule has 3 aliphatic rings. The summed E-state index contributed by atoms with van der Waals surface area (Å²) in [7, 11) is 0. The van der Waals surface area contributed by atoms with E-state index in [2.05, 4.69) is 51.8 Å². The van der Waals surface area contributed by atoms with Crippen molar-refractivity contribution < 1.29 is 23.0 Å². The van der Waals surface area contributed by atoms with E-state index in [0.29, 0.717) is 18.8 Å². The molecule has 0 aromatic rings. The first-order valence-electron chi connectivity index (χ1n) is 13.4. The van der Waals surface area contributed by atoms with Gasteiger partial charge in [0.2, 0.25) is 0 Å². The second-order valence-electron chi connectivity index (χ2n) is 12.8. The maximum absolute atomic E-state index is 12.2. The van der Waals surface area contributed by atoms with Gasteiger partial charge in [-0.15, -0.1) is 0 Å². The molecule has 0 aromatic carbocycles. The molecule has 6 nitrogen and oxygen atoms in total. The Kier molecular flexibility index (Phi) is 14.1. The molecule has 3 rings (SSSR count). The summed E-state index contributed by atoms with van der Waals surface area (Å²) in [5, 5.41) is 3.27. The van der Waals surface area contributed by atoms with E-state index in [1.54, 1.807) is 4.90 Å². The van der Waals surface area contributed by atoms with Crippen LogP contribution in [-0.2, 0) is 14.2 Å². The van der Waals surface area contributed by atoms with Crippen LogP contribution in [0, 0.1) is 0 Å². The van der Waals surface area contributed by atoms with Crippen LogP contribution in [0.4, 0.5) is 8.78 Å². The van der Waals surface area contributed by atoms with Crippen molar-refractivity contribution in [2.24, 2.45) is 0 Å². The molecule has 0 bridgehead atoms. The van der Waals surface area contributed by atoms with E-state index >= 15 is 0 Å². The van der Waals surface area contributed by atoms with Crippen LogP contribution in [0.25, 0.3) is 0 Å². The SMILES string of the molecule is CC(C)(C)OC1CCN(CCF)C1.CC(C)(C)OC1CCN(CF)C1.CC(C)(C)OC1CCNC1. The van der Waals surface area contributed by atoms with E-state index in [-0.39, 0.29) is 36.4 Å². The molecule has 3 unspecified atom stereocenters. The summed E-state index contributed by atoms with van der Waals surface area (Å²) in [6, 6.07) is 0. The topological polar surface area (TPSA) is 46.2 Å². The van der Waals surface area contributed by atoms with Gasteiger partial charge in [-0.3, -0.25) is 9.80 Å². The molecule has 3 saturated heterocycles. The van der Waals surface area contributed by atoms with Crippen molar-refractivity contribution in [2.45, 2.75) is 117 Å². The summed E-state index contributed by atoms with van der Waals surface area (Å²) in [5.74, 6) is 0. The fourth-order valence-corrected chi connectivity index (χ4v) is 4.45. The van der Waals surface area contributed by atoms with Gasteiger partial charge in [0.05, 0.1) is 35.1 Å². The molecule has 3 aliphatic heterocycles. The standard InChI is InChI=1S/C10H20FNO.C9H18FNO.C8H17NO/c1-10(2,3)13-9-4-6-12(8-9)7-5-11;1-9(2,3)12-8-4-5-11(6-8)7-10;1-8(2,3)10-7-4-5-9-6-7/h9H,4-8H2,1-3H3;8H,4-7H2,1-3H3;7,9H,4-6H2,1-3H3. The van der Waals surface area contributed by atoms with E-state index in [1.807, 2.05) is 20.8 Å². The fraction of sp³-hybridized carbons (Fsp3) is 1.00. The second-order valence-corrected chi connectivity index (χ2v) is 12.8. The minimum Gasteiger partial charge on any atom is -0.371 e. The zero-order chi connectivity index (χ0) is 26.7. The predicted octanol–water partition coefficient (Wildman–Crippen LogP) is 4.81. The van der Waals surface area contributed by atoms with Crippen molar-refractivity contribution in [3.05, 3.63) is 0 Å². The maximum Gasteiger partial charge on any atom is 0.143 e. The van der Waals surface area contributed by atoms with Crippen LogP contribution in [0.5, 0.6) is 0 Å². The van der Waals surface area contributed by atoms with Crippen LogP contribution in [0.2, 0.25) is 0 Å². The number of alkyl halides is 2. The average Bonchev–Trinajstić information content (AvgIpc) is 3.43. The lowest BCUT2D eigenvalue weighted by Crippen LogP contribution is -2.30. The van der Waals surface area contributed by atoms with Crippen LogP contribution < -0.4 is 5.32 Å². The first-order valence-corrected chi connectivity index (χ1v) is 13.4. The highest BCUT2D eigenvalue weighted by Gasteiger charge is 2.27. The highest BCUT2D eigenvalue weighted by molar-refractivity contribution is 4.79. The van der Waals surface area contributed by atoms with Gasteiger partial charge in [0.25, 0.3) is 0 Å². The van der Waals surface area contributed by atoms with Crippen LogP contribution in [0.15, 0.2) is 0 Å². The highest BCUT2D eigenvalue weighted by atomic mass is 19.1. The Morgan fingerprint density at radius 2 is 1.14 bits per heavy atom. The van der Waals surface area contributed by atoms with E-state index in [4.69, 9.17) is 14.2 Å². The van der Waals surface area contributed by atoms with Crippen molar-refractivity contribution in [3.63, 3.8) is 0 Å². The van der Waals surface area contributed by atoms with Gasteiger partial charge in [0.1, 0.15) is 13.5 Å². The highest BCUT2D eigenvalue weighted by Crippen LogP contribution is 2.20. The smallest absolute Gasteiger partial charge is 0.143 e. The van der Waals surface area contributed by atoms with E-state index < -0.39 is 0 Å². The van der Waals surface area contributed by atoms with Crippen LogP contribution in [0.1, 0.15) is 81.6 Å². The average molecular weight is 508 g/mol. The summed E-state index contributed by atoms with van der Waals surface area (Å²) in [6.07, 6.45) is 4.13. The molecular weight excluding hydrogens is 452 g/mol. The first kappa shape index (κ1) is 32.6. The van der Waals surface area contributed by atoms with Crippen LogP contribution >= 0.6 is 0 Å². The number of ether oxygens (including phenoxy) is 3. The maximum atomic E-state index is 12.2. The van der Waals surface area contributed by atoms with Gasteiger partial charge < -0.3 is 19.5 Å². The number of hydrogen-bond donors (Lipinski definition) is 1. The third kappa shape index (κ3) is 16.9. The Hall–Kier alpha value is -0.380. The van der Waals surface area contributed by atoms with Gasteiger partial charge >= 0.3 is 0 Å². The molecule has 3 fully saturated rings. The van der Waals surface area contributed by atoms with Gasteiger partial charge in [-0.05, 0) is 88.1 Å². The van der Waals surface area contributed by atoms with Gasteiger partial charge in [-0.1, -0.05) is 0 Å². The normalized spacial score (nSPS) is 26.3. The molecule has 0 aromatic heterocycles. The van der Waals surface area contributed by atoms with E-state index in [1.165, 1.54) is 0 Å². The summed E-state index contributed by atoms with van der Waals surface area (Å²) >= 11 is 0. The van der Waals surface area contributed by atoms with E-state index in [9.17, 15) is 8.78 Å². The fourth-order valence-electron chi connectivity index (χ4n) is 4.45. The number of nitrogens with zero attached hydrogens (tertiary/aromatic N) is 2.